The van der Waals surface area contributed by atoms with Crippen LogP contribution in [-0.2, 0) is 0 Å². The third-order valence-corrected chi connectivity index (χ3v) is 5.54. The first-order valence-corrected chi connectivity index (χ1v) is 9.01. The van der Waals surface area contributed by atoms with Crippen LogP contribution in [0, 0.1) is 0 Å². The first-order valence-electron chi connectivity index (χ1n) is 8.25. The number of fused-ring (bicyclic) bond motifs is 1. The molecule has 0 atom stereocenters. The first kappa shape index (κ1) is 16.4. The molecule has 1 fully saturated rings. The molecule has 3 aromatic rings. The molecule has 1 heterocycles. The van der Waals surface area contributed by atoms with Crippen molar-refractivity contribution in [1.29, 1.82) is 0 Å². The van der Waals surface area contributed by atoms with Gasteiger partial charge in [0, 0.05) is 11.6 Å². The Morgan fingerprint density at radius 1 is 1.08 bits per heavy atom. The van der Waals surface area contributed by atoms with Crippen molar-refractivity contribution in [1.82, 2.24) is 9.55 Å². The molecule has 0 unspecified atom stereocenters. The van der Waals surface area contributed by atoms with Gasteiger partial charge < -0.3 is 9.67 Å². The minimum atomic E-state index is -0.951. The fourth-order valence-corrected chi connectivity index (χ4v) is 3.90. The molecule has 0 bridgehead atoms. The van der Waals surface area contributed by atoms with E-state index in [1.165, 1.54) is 12.8 Å². The summed E-state index contributed by atoms with van der Waals surface area (Å²) >= 11 is 12.2. The number of nitrogens with zero attached hydrogens (tertiary/aromatic N) is 2. The van der Waals surface area contributed by atoms with E-state index in [0.717, 1.165) is 29.7 Å². The Kier molecular flexibility index (Phi) is 4.18. The normalized spacial score (nSPS) is 15.1. The van der Waals surface area contributed by atoms with Crippen molar-refractivity contribution in [2.24, 2.45) is 0 Å². The van der Waals surface area contributed by atoms with E-state index in [1.54, 1.807) is 18.2 Å². The monoisotopic (exact) mass is 374 g/mol. The maximum Gasteiger partial charge on any atom is 0.335 e. The minimum absolute atomic E-state index is 0.240. The Morgan fingerprint density at radius 2 is 1.84 bits per heavy atom. The van der Waals surface area contributed by atoms with Gasteiger partial charge in [0.25, 0.3) is 0 Å². The second-order valence-electron chi connectivity index (χ2n) is 6.38. The second-order valence-corrected chi connectivity index (χ2v) is 7.20. The van der Waals surface area contributed by atoms with E-state index >= 15 is 0 Å². The summed E-state index contributed by atoms with van der Waals surface area (Å²) in [5, 5.41) is 10.2. The molecule has 1 saturated carbocycles. The fraction of sp³-hybridized carbons (Fsp3) is 0.263. The van der Waals surface area contributed by atoms with E-state index in [1.807, 2.05) is 18.2 Å². The largest absolute Gasteiger partial charge is 0.478 e. The van der Waals surface area contributed by atoms with Crippen molar-refractivity contribution in [3.05, 3.63) is 52.0 Å². The van der Waals surface area contributed by atoms with Crippen molar-refractivity contribution >= 4 is 40.2 Å². The lowest BCUT2D eigenvalue weighted by atomic mass is 10.1. The fourth-order valence-electron chi connectivity index (χ4n) is 3.60. The van der Waals surface area contributed by atoms with Crippen LogP contribution < -0.4 is 0 Å². The molecule has 1 aromatic heterocycles. The molecule has 0 amide bonds. The van der Waals surface area contributed by atoms with Gasteiger partial charge in [-0.25, -0.2) is 9.78 Å². The summed E-state index contributed by atoms with van der Waals surface area (Å²) in [6, 6.07) is 11.0. The van der Waals surface area contributed by atoms with E-state index in [-0.39, 0.29) is 5.56 Å². The molecular weight excluding hydrogens is 359 g/mol. The molecule has 6 heteroatoms. The summed E-state index contributed by atoms with van der Waals surface area (Å²) < 4.78 is 2.23. The minimum Gasteiger partial charge on any atom is -0.478 e. The summed E-state index contributed by atoms with van der Waals surface area (Å²) in [6.45, 7) is 0. The van der Waals surface area contributed by atoms with Gasteiger partial charge >= 0.3 is 5.97 Å². The molecule has 4 rings (SSSR count). The smallest absolute Gasteiger partial charge is 0.335 e. The van der Waals surface area contributed by atoms with E-state index in [2.05, 4.69) is 4.57 Å². The number of rotatable bonds is 3. The highest BCUT2D eigenvalue weighted by molar-refractivity contribution is 6.42. The van der Waals surface area contributed by atoms with Gasteiger partial charge in [-0.2, -0.15) is 0 Å². The van der Waals surface area contributed by atoms with Crippen molar-refractivity contribution in [3.8, 4) is 11.4 Å². The molecular formula is C19H16Cl2N2O2. The lowest BCUT2D eigenvalue weighted by molar-refractivity contribution is 0.0697. The number of aromatic nitrogens is 2. The number of aromatic carboxylic acids is 1. The molecule has 1 N–H and O–H groups in total. The van der Waals surface area contributed by atoms with Crippen LogP contribution in [0.25, 0.3) is 22.4 Å². The van der Waals surface area contributed by atoms with Crippen molar-refractivity contribution in [2.45, 2.75) is 31.7 Å². The van der Waals surface area contributed by atoms with Gasteiger partial charge in [0.1, 0.15) is 5.82 Å². The van der Waals surface area contributed by atoms with Gasteiger partial charge in [-0.05, 0) is 49.2 Å². The Morgan fingerprint density at radius 3 is 2.52 bits per heavy atom. The number of carbonyl (C=O) groups is 1. The lowest BCUT2D eigenvalue weighted by Crippen LogP contribution is -2.06. The Balaban J connectivity index is 1.95. The highest BCUT2D eigenvalue weighted by atomic mass is 35.5. The first-order chi connectivity index (χ1) is 12.0. The predicted octanol–water partition coefficient (Wildman–Crippen LogP) is 5.82. The van der Waals surface area contributed by atoms with Gasteiger partial charge in [-0.1, -0.05) is 36.0 Å². The van der Waals surface area contributed by atoms with Crippen LogP contribution in [0.2, 0.25) is 10.0 Å². The van der Waals surface area contributed by atoms with E-state index in [0.29, 0.717) is 21.6 Å². The number of benzene rings is 2. The standard InChI is InChI=1S/C19H16Cl2N2O2/c20-14-7-5-11(9-15(14)21)18-22-16-10-12(19(24)25)6-8-17(16)23(18)13-3-1-2-4-13/h5-10,13H,1-4H2,(H,24,25). The zero-order valence-electron chi connectivity index (χ0n) is 13.4. The van der Waals surface area contributed by atoms with Gasteiger partial charge in [0.05, 0.1) is 26.6 Å². The van der Waals surface area contributed by atoms with Crippen LogP contribution in [0.1, 0.15) is 42.1 Å². The average Bonchev–Trinajstić information content (AvgIpc) is 3.23. The number of hydrogen-bond acceptors (Lipinski definition) is 2. The van der Waals surface area contributed by atoms with Crippen LogP contribution >= 0.6 is 23.2 Å². The Bertz CT molecular complexity index is 975. The van der Waals surface area contributed by atoms with Gasteiger partial charge in [0.15, 0.2) is 0 Å². The molecule has 0 saturated heterocycles. The van der Waals surface area contributed by atoms with Crippen LogP contribution in [0.4, 0.5) is 0 Å². The van der Waals surface area contributed by atoms with Gasteiger partial charge in [-0.3, -0.25) is 0 Å². The Hall–Kier alpha value is -2.04. The second kappa shape index (κ2) is 6.36. The highest BCUT2D eigenvalue weighted by Crippen LogP contribution is 2.38. The third kappa shape index (κ3) is 2.90. The van der Waals surface area contributed by atoms with Crippen LogP contribution in [0.3, 0.4) is 0 Å². The maximum atomic E-state index is 11.3. The molecule has 2 aromatic carbocycles. The Labute approximate surface area is 155 Å². The predicted molar refractivity (Wildman–Crippen MR) is 99.7 cm³/mol. The van der Waals surface area contributed by atoms with Crippen LogP contribution in [0.5, 0.6) is 0 Å². The number of hydrogen-bond donors (Lipinski definition) is 1. The van der Waals surface area contributed by atoms with E-state index in [9.17, 15) is 9.90 Å². The molecule has 128 valence electrons. The van der Waals surface area contributed by atoms with Gasteiger partial charge in [0.2, 0.25) is 0 Å². The zero-order valence-corrected chi connectivity index (χ0v) is 14.9. The zero-order chi connectivity index (χ0) is 17.6. The third-order valence-electron chi connectivity index (χ3n) is 4.80. The molecule has 0 spiro atoms. The highest BCUT2D eigenvalue weighted by Gasteiger charge is 2.24. The van der Waals surface area contributed by atoms with Crippen LogP contribution in [-0.4, -0.2) is 20.6 Å². The molecule has 0 aliphatic heterocycles. The topological polar surface area (TPSA) is 55.1 Å². The van der Waals surface area contributed by atoms with Crippen molar-refractivity contribution in [3.63, 3.8) is 0 Å². The number of carboxylic acid groups (broad SMARTS) is 1. The van der Waals surface area contributed by atoms with Crippen molar-refractivity contribution < 1.29 is 9.90 Å². The number of halogens is 2. The van der Waals surface area contributed by atoms with E-state index in [4.69, 9.17) is 28.2 Å². The number of carboxylic acids is 1. The summed E-state index contributed by atoms with van der Waals surface area (Å²) in [4.78, 5) is 16.0. The summed E-state index contributed by atoms with van der Waals surface area (Å²) in [5.41, 5.74) is 2.77. The quantitative estimate of drug-likeness (QED) is 0.627. The molecule has 25 heavy (non-hydrogen) atoms. The SMILES string of the molecule is O=C(O)c1ccc2c(c1)nc(-c1ccc(Cl)c(Cl)c1)n2C1CCCC1. The molecule has 0 radical (unpaired) electrons. The van der Waals surface area contributed by atoms with Crippen LogP contribution in [0.15, 0.2) is 36.4 Å². The molecule has 4 nitrogen and oxygen atoms in total. The maximum absolute atomic E-state index is 11.3. The average molecular weight is 375 g/mol. The van der Waals surface area contributed by atoms with Crippen molar-refractivity contribution in [2.75, 3.05) is 0 Å². The molecule has 1 aliphatic carbocycles. The van der Waals surface area contributed by atoms with E-state index < -0.39 is 5.97 Å². The number of imidazole rings is 1. The van der Waals surface area contributed by atoms with Gasteiger partial charge in [-0.15, -0.1) is 0 Å². The summed E-state index contributed by atoms with van der Waals surface area (Å²) in [6.07, 6.45) is 4.58. The lowest BCUT2D eigenvalue weighted by Gasteiger charge is -2.16. The molecule has 1 aliphatic rings. The summed E-state index contributed by atoms with van der Waals surface area (Å²) in [5.74, 6) is -0.142. The summed E-state index contributed by atoms with van der Waals surface area (Å²) in [7, 11) is 0.